The third kappa shape index (κ3) is 2.77. The van der Waals surface area contributed by atoms with Crippen LogP contribution in [0.25, 0.3) is 0 Å². The number of nitrogens with one attached hydrogen (secondary N) is 1. The second-order valence-electron chi connectivity index (χ2n) is 3.33. The van der Waals surface area contributed by atoms with E-state index in [2.05, 4.69) is 5.43 Å². The van der Waals surface area contributed by atoms with E-state index in [0.29, 0.717) is 0 Å². The first kappa shape index (κ1) is 8.97. The summed E-state index contributed by atoms with van der Waals surface area (Å²) in [6.45, 7) is 0. The fraction of sp³-hybridized carbons (Fsp3) is 1.00. The lowest BCUT2D eigenvalue weighted by Gasteiger charge is -2.24. The normalized spacial score (nSPS) is 34.4. The molecule has 0 amide bonds. The first-order valence-electron chi connectivity index (χ1n) is 4.49. The molecule has 0 bridgehead atoms. The summed E-state index contributed by atoms with van der Waals surface area (Å²) in [6, 6.07) is 0.121. The maximum atomic E-state index is 9.53. The summed E-state index contributed by atoms with van der Waals surface area (Å²) in [4.78, 5) is 0. The lowest BCUT2D eigenvalue weighted by atomic mass is 9.95. The highest BCUT2D eigenvalue weighted by atomic mass is 16.3. The lowest BCUT2D eigenvalue weighted by Crippen LogP contribution is -2.44. The molecule has 2 atom stereocenters. The molecule has 0 aromatic carbocycles. The topological polar surface area (TPSA) is 58.3 Å². The van der Waals surface area contributed by atoms with Crippen LogP contribution < -0.4 is 11.3 Å². The molecule has 1 fully saturated rings. The third-order valence-electron chi connectivity index (χ3n) is 2.44. The molecule has 0 heterocycles. The van der Waals surface area contributed by atoms with Gasteiger partial charge in [0.25, 0.3) is 0 Å². The van der Waals surface area contributed by atoms with Gasteiger partial charge in [-0.05, 0) is 12.8 Å². The number of rotatable bonds is 1. The van der Waals surface area contributed by atoms with E-state index < -0.39 is 0 Å². The molecule has 0 radical (unpaired) electrons. The van der Waals surface area contributed by atoms with Crippen LogP contribution in [0.3, 0.4) is 0 Å². The number of aliphatic hydroxyl groups is 1. The van der Waals surface area contributed by atoms with E-state index in [0.717, 1.165) is 19.3 Å². The minimum Gasteiger partial charge on any atom is -0.391 e. The highest BCUT2D eigenvalue weighted by Gasteiger charge is 2.18. The van der Waals surface area contributed by atoms with Crippen molar-refractivity contribution in [1.82, 2.24) is 5.43 Å². The SMILES string of the molecule is NNC1CCCCCCC1O. The van der Waals surface area contributed by atoms with Gasteiger partial charge in [0.2, 0.25) is 0 Å². The number of nitrogens with two attached hydrogens (primary N) is 1. The van der Waals surface area contributed by atoms with Gasteiger partial charge in [0, 0.05) is 6.04 Å². The Morgan fingerprint density at radius 3 is 2.36 bits per heavy atom. The van der Waals surface area contributed by atoms with Crippen molar-refractivity contribution in [1.29, 1.82) is 0 Å². The number of aliphatic hydroxyl groups excluding tert-OH is 1. The van der Waals surface area contributed by atoms with Crippen LogP contribution >= 0.6 is 0 Å². The van der Waals surface area contributed by atoms with Crippen LogP contribution in [0, 0.1) is 0 Å². The zero-order chi connectivity index (χ0) is 8.10. The molecule has 66 valence electrons. The van der Waals surface area contributed by atoms with E-state index in [1.807, 2.05) is 0 Å². The van der Waals surface area contributed by atoms with Crippen molar-refractivity contribution in [3.8, 4) is 0 Å². The summed E-state index contributed by atoms with van der Waals surface area (Å²) in [5, 5.41) is 9.53. The van der Waals surface area contributed by atoms with Gasteiger partial charge in [0.05, 0.1) is 6.10 Å². The Balaban J connectivity index is 2.33. The summed E-state index contributed by atoms with van der Waals surface area (Å²) in [5.74, 6) is 5.30. The molecule has 1 aliphatic rings. The van der Waals surface area contributed by atoms with Crippen LogP contribution in [0.2, 0.25) is 0 Å². The Morgan fingerprint density at radius 1 is 1.09 bits per heavy atom. The second kappa shape index (κ2) is 4.70. The number of hydrogen-bond acceptors (Lipinski definition) is 3. The minimum atomic E-state index is -0.236. The lowest BCUT2D eigenvalue weighted by molar-refractivity contribution is 0.104. The van der Waals surface area contributed by atoms with Crippen molar-refractivity contribution in [2.24, 2.45) is 5.84 Å². The van der Waals surface area contributed by atoms with Crippen LogP contribution in [0.1, 0.15) is 38.5 Å². The Bertz CT molecular complexity index is 108. The molecule has 11 heavy (non-hydrogen) atoms. The van der Waals surface area contributed by atoms with Gasteiger partial charge in [-0.3, -0.25) is 11.3 Å². The van der Waals surface area contributed by atoms with E-state index in [1.165, 1.54) is 19.3 Å². The quantitative estimate of drug-likeness (QED) is 0.385. The largest absolute Gasteiger partial charge is 0.391 e. The molecule has 0 aromatic heterocycles. The third-order valence-corrected chi connectivity index (χ3v) is 2.44. The van der Waals surface area contributed by atoms with E-state index >= 15 is 0 Å². The number of hydrazine groups is 1. The van der Waals surface area contributed by atoms with Crippen LogP contribution in [-0.4, -0.2) is 17.3 Å². The Hall–Kier alpha value is -0.120. The molecule has 3 nitrogen and oxygen atoms in total. The highest BCUT2D eigenvalue weighted by Crippen LogP contribution is 2.16. The van der Waals surface area contributed by atoms with E-state index in [9.17, 15) is 5.11 Å². The molecular formula is C8H18N2O. The molecule has 3 heteroatoms. The van der Waals surface area contributed by atoms with Crippen molar-refractivity contribution in [2.75, 3.05) is 0 Å². The summed E-state index contributed by atoms with van der Waals surface area (Å²) in [7, 11) is 0. The molecule has 1 rings (SSSR count). The fourth-order valence-electron chi connectivity index (χ4n) is 1.66. The standard InChI is InChI=1S/C8H18N2O/c9-10-7-5-3-1-2-4-6-8(7)11/h7-8,10-11H,1-6,9H2. The maximum Gasteiger partial charge on any atom is 0.0706 e. The Kier molecular flexibility index (Phi) is 3.83. The molecule has 2 unspecified atom stereocenters. The molecular weight excluding hydrogens is 140 g/mol. The molecule has 1 saturated carbocycles. The average Bonchev–Trinajstić information content (AvgIpc) is 1.98. The van der Waals surface area contributed by atoms with E-state index in [1.54, 1.807) is 0 Å². The van der Waals surface area contributed by atoms with Gasteiger partial charge in [-0.2, -0.15) is 0 Å². The first-order valence-corrected chi connectivity index (χ1v) is 4.49. The predicted molar refractivity (Wildman–Crippen MR) is 44.8 cm³/mol. The molecule has 0 spiro atoms. The van der Waals surface area contributed by atoms with Gasteiger partial charge < -0.3 is 5.11 Å². The van der Waals surface area contributed by atoms with Gasteiger partial charge in [-0.1, -0.05) is 25.7 Å². The molecule has 0 aromatic rings. The minimum absolute atomic E-state index is 0.121. The molecule has 1 aliphatic carbocycles. The Labute approximate surface area is 67.9 Å². The summed E-state index contributed by atoms with van der Waals surface area (Å²) in [6.07, 6.45) is 6.54. The van der Waals surface area contributed by atoms with Crippen molar-refractivity contribution in [3.63, 3.8) is 0 Å². The van der Waals surface area contributed by atoms with Gasteiger partial charge in [0.1, 0.15) is 0 Å². The molecule has 0 aliphatic heterocycles. The average molecular weight is 158 g/mol. The van der Waals surface area contributed by atoms with Crippen molar-refractivity contribution >= 4 is 0 Å². The van der Waals surface area contributed by atoms with Crippen LogP contribution in [0.4, 0.5) is 0 Å². The monoisotopic (exact) mass is 158 g/mol. The van der Waals surface area contributed by atoms with Crippen LogP contribution in [0.5, 0.6) is 0 Å². The van der Waals surface area contributed by atoms with Gasteiger partial charge in [-0.25, -0.2) is 0 Å². The van der Waals surface area contributed by atoms with Gasteiger partial charge >= 0.3 is 0 Å². The second-order valence-corrected chi connectivity index (χ2v) is 3.33. The maximum absolute atomic E-state index is 9.53. The summed E-state index contributed by atoms with van der Waals surface area (Å²) >= 11 is 0. The van der Waals surface area contributed by atoms with Crippen molar-refractivity contribution in [2.45, 2.75) is 50.7 Å². The van der Waals surface area contributed by atoms with Gasteiger partial charge in [-0.15, -0.1) is 0 Å². The van der Waals surface area contributed by atoms with E-state index in [4.69, 9.17) is 5.84 Å². The summed E-state index contributed by atoms with van der Waals surface area (Å²) < 4.78 is 0. The highest BCUT2D eigenvalue weighted by molar-refractivity contribution is 4.75. The molecule has 4 N–H and O–H groups in total. The van der Waals surface area contributed by atoms with Gasteiger partial charge in [0.15, 0.2) is 0 Å². The summed E-state index contributed by atoms with van der Waals surface area (Å²) in [5.41, 5.74) is 2.67. The van der Waals surface area contributed by atoms with Crippen molar-refractivity contribution in [3.05, 3.63) is 0 Å². The molecule has 0 saturated heterocycles. The first-order chi connectivity index (χ1) is 5.34. The van der Waals surface area contributed by atoms with Crippen LogP contribution in [0.15, 0.2) is 0 Å². The number of hydrogen-bond donors (Lipinski definition) is 3. The smallest absolute Gasteiger partial charge is 0.0706 e. The fourth-order valence-corrected chi connectivity index (χ4v) is 1.66. The van der Waals surface area contributed by atoms with Crippen LogP contribution in [-0.2, 0) is 0 Å². The predicted octanol–water partition coefficient (Wildman–Crippen LogP) is 0.533. The zero-order valence-corrected chi connectivity index (χ0v) is 6.92. The Morgan fingerprint density at radius 2 is 1.73 bits per heavy atom. The zero-order valence-electron chi connectivity index (χ0n) is 6.92. The van der Waals surface area contributed by atoms with Crippen molar-refractivity contribution < 1.29 is 5.11 Å². The van der Waals surface area contributed by atoms with E-state index in [-0.39, 0.29) is 12.1 Å².